The topological polar surface area (TPSA) is 50.2 Å². The van der Waals surface area contributed by atoms with Gasteiger partial charge in [0, 0.05) is 11.1 Å². The predicted molar refractivity (Wildman–Crippen MR) is 78.9 cm³/mol. The van der Waals surface area contributed by atoms with Crippen molar-refractivity contribution >= 4 is 28.6 Å². The zero-order chi connectivity index (χ0) is 13.8. The summed E-state index contributed by atoms with van der Waals surface area (Å²) in [7, 11) is 0. The molecule has 1 unspecified atom stereocenters. The van der Waals surface area contributed by atoms with E-state index in [1.807, 2.05) is 18.2 Å². The van der Waals surface area contributed by atoms with Crippen molar-refractivity contribution in [2.45, 2.75) is 25.3 Å². The van der Waals surface area contributed by atoms with E-state index in [9.17, 15) is 4.79 Å². The Bertz CT molecular complexity index is 598. The summed E-state index contributed by atoms with van der Waals surface area (Å²) in [5.74, 6) is 0.786. The van der Waals surface area contributed by atoms with Crippen LogP contribution in [0.25, 0.3) is 10.9 Å². The third kappa shape index (κ3) is 3.26. The number of fused-ring (bicyclic) bond motifs is 1. The average molecular weight is 275 g/mol. The van der Waals surface area contributed by atoms with Gasteiger partial charge in [-0.3, -0.25) is 0 Å². The highest BCUT2D eigenvalue weighted by molar-refractivity contribution is 7.99. The Hall–Kier alpha value is -1.55. The lowest BCUT2D eigenvalue weighted by Crippen LogP contribution is -1.99. The molecule has 0 aliphatic carbocycles. The molecule has 0 aliphatic rings. The maximum absolute atomic E-state index is 11.1. The summed E-state index contributed by atoms with van der Waals surface area (Å²) in [4.78, 5) is 15.6. The number of carboxylic acids is 1. The van der Waals surface area contributed by atoms with Crippen LogP contribution in [0.2, 0.25) is 0 Å². The van der Waals surface area contributed by atoms with E-state index in [1.54, 1.807) is 23.9 Å². The maximum atomic E-state index is 11.1. The minimum Gasteiger partial charge on any atom is -0.478 e. The number of pyridine rings is 1. The SMILES string of the molecule is CCC(C)CSc1ccc2c(C(=O)O)cccc2n1. The summed E-state index contributed by atoms with van der Waals surface area (Å²) in [5.41, 5.74) is 1.05. The number of hydrogen-bond acceptors (Lipinski definition) is 3. The lowest BCUT2D eigenvalue weighted by molar-refractivity contribution is 0.0699. The number of rotatable bonds is 5. The molecular weight excluding hydrogens is 258 g/mol. The standard InChI is InChI=1S/C15H17NO2S/c1-3-10(2)9-19-14-8-7-11-12(15(17)18)5-4-6-13(11)16-14/h4-8,10H,3,9H2,1-2H3,(H,17,18). The van der Waals surface area contributed by atoms with E-state index in [-0.39, 0.29) is 0 Å². The summed E-state index contributed by atoms with van der Waals surface area (Å²) in [5, 5.41) is 10.8. The van der Waals surface area contributed by atoms with E-state index in [2.05, 4.69) is 18.8 Å². The van der Waals surface area contributed by atoms with E-state index >= 15 is 0 Å². The maximum Gasteiger partial charge on any atom is 0.336 e. The summed E-state index contributed by atoms with van der Waals surface area (Å²) in [6.07, 6.45) is 1.16. The molecule has 0 fully saturated rings. The first-order valence-corrected chi connectivity index (χ1v) is 7.36. The smallest absolute Gasteiger partial charge is 0.336 e. The fraction of sp³-hybridized carbons (Fsp3) is 0.333. The lowest BCUT2D eigenvalue weighted by Gasteiger charge is -2.08. The van der Waals surface area contributed by atoms with Gasteiger partial charge < -0.3 is 5.11 Å². The van der Waals surface area contributed by atoms with E-state index in [0.29, 0.717) is 16.9 Å². The second-order valence-electron chi connectivity index (χ2n) is 4.65. The number of aromatic nitrogens is 1. The van der Waals surface area contributed by atoms with Gasteiger partial charge in [0.25, 0.3) is 0 Å². The first-order chi connectivity index (χ1) is 9.11. The van der Waals surface area contributed by atoms with Crippen molar-refractivity contribution < 1.29 is 9.90 Å². The van der Waals surface area contributed by atoms with Crippen LogP contribution in [0.1, 0.15) is 30.6 Å². The van der Waals surface area contributed by atoms with Gasteiger partial charge in [0.05, 0.1) is 16.1 Å². The van der Waals surface area contributed by atoms with Crippen LogP contribution in [0.5, 0.6) is 0 Å². The van der Waals surface area contributed by atoms with Crippen LogP contribution in [-0.4, -0.2) is 21.8 Å². The van der Waals surface area contributed by atoms with Gasteiger partial charge in [-0.25, -0.2) is 9.78 Å². The van der Waals surface area contributed by atoms with Crippen LogP contribution in [0.3, 0.4) is 0 Å². The van der Waals surface area contributed by atoms with E-state index < -0.39 is 5.97 Å². The number of thioether (sulfide) groups is 1. The van der Waals surface area contributed by atoms with Crippen molar-refractivity contribution in [1.82, 2.24) is 4.98 Å². The van der Waals surface area contributed by atoms with Gasteiger partial charge in [0.15, 0.2) is 0 Å². The Balaban J connectivity index is 2.29. The van der Waals surface area contributed by atoms with Crippen molar-refractivity contribution in [3.05, 3.63) is 35.9 Å². The molecule has 1 aromatic carbocycles. The molecule has 1 atom stereocenters. The van der Waals surface area contributed by atoms with E-state index in [0.717, 1.165) is 22.7 Å². The van der Waals surface area contributed by atoms with Crippen LogP contribution >= 0.6 is 11.8 Å². The third-order valence-corrected chi connectivity index (χ3v) is 4.41. The number of hydrogen-bond donors (Lipinski definition) is 1. The minimum atomic E-state index is -0.910. The predicted octanol–water partition coefficient (Wildman–Crippen LogP) is 4.07. The van der Waals surface area contributed by atoms with E-state index in [1.165, 1.54) is 0 Å². The van der Waals surface area contributed by atoms with Crippen LogP contribution in [0.15, 0.2) is 35.4 Å². The van der Waals surface area contributed by atoms with Crippen molar-refractivity contribution in [2.75, 3.05) is 5.75 Å². The summed E-state index contributed by atoms with van der Waals surface area (Å²) >= 11 is 1.72. The Morgan fingerprint density at radius 2 is 2.16 bits per heavy atom. The average Bonchev–Trinajstić information content (AvgIpc) is 2.43. The largest absolute Gasteiger partial charge is 0.478 e. The molecular formula is C15H17NO2S. The molecule has 3 nitrogen and oxygen atoms in total. The molecule has 0 bridgehead atoms. The molecule has 1 N–H and O–H groups in total. The number of carbonyl (C=O) groups is 1. The fourth-order valence-corrected chi connectivity index (χ4v) is 2.77. The van der Waals surface area contributed by atoms with Gasteiger partial charge in [0.2, 0.25) is 0 Å². The molecule has 0 aliphatic heterocycles. The summed E-state index contributed by atoms with van der Waals surface area (Å²) < 4.78 is 0. The Kier molecular flexibility index (Phi) is 4.43. The second-order valence-corrected chi connectivity index (χ2v) is 5.69. The van der Waals surface area contributed by atoms with Crippen molar-refractivity contribution in [2.24, 2.45) is 5.92 Å². The quantitative estimate of drug-likeness (QED) is 0.836. The minimum absolute atomic E-state index is 0.309. The highest BCUT2D eigenvalue weighted by Gasteiger charge is 2.09. The van der Waals surface area contributed by atoms with Gasteiger partial charge in [-0.15, -0.1) is 11.8 Å². The molecule has 4 heteroatoms. The van der Waals surface area contributed by atoms with Crippen LogP contribution in [0.4, 0.5) is 0 Å². The number of carboxylic acid groups (broad SMARTS) is 1. The molecule has 0 amide bonds. The highest BCUT2D eigenvalue weighted by atomic mass is 32.2. The molecule has 0 saturated carbocycles. The molecule has 0 radical (unpaired) electrons. The Morgan fingerprint density at radius 3 is 2.84 bits per heavy atom. The zero-order valence-electron chi connectivity index (χ0n) is 11.1. The van der Waals surface area contributed by atoms with Gasteiger partial charge in [0.1, 0.15) is 0 Å². The molecule has 1 aromatic heterocycles. The lowest BCUT2D eigenvalue weighted by atomic mass is 10.1. The monoisotopic (exact) mass is 275 g/mol. The second kappa shape index (κ2) is 6.06. The van der Waals surface area contributed by atoms with Gasteiger partial charge in [-0.05, 0) is 30.2 Å². The summed E-state index contributed by atoms with van der Waals surface area (Å²) in [6, 6.07) is 8.96. The first-order valence-electron chi connectivity index (χ1n) is 6.37. The fourth-order valence-electron chi connectivity index (χ4n) is 1.75. The van der Waals surface area contributed by atoms with Crippen LogP contribution in [0, 0.1) is 5.92 Å². The third-order valence-electron chi connectivity index (χ3n) is 3.15. The normalized spacial score (nSPS) is 12.5. The van der Waals surface area contributed by atoms with Crippen molar-refractivity contribution in [3.63, 3.8) is 0 Å². The van der Waals surface area contributed by atoms with Crippen LogP contribution < -0.4 is 0 Å². The zero-order valence-corrected chi connectivity index (χ0v) is 11.9. The Labute approximate surface area is 117 Å². The molecule has 100 valence electrons. The van der Waals surface area contributed by atoms with Gasteiger partial charge in [-0.2, -0.15) is 0 Å². The molecule has 19 heavy (non-hydrogen) atoms. The number of aromatic carboxylic acids is 1. The van der Waals surface area contributed by atoms with Gasteiger partial charge >= 0.3 is 5.97 Å². The van der Waals surface area contributed by atoms with E-state index in [4.69, 9.17) is 5.11 Å². The van der Waals surface area contributed by atoms with Gasteiger partial charge in [-0.1, -0.05) is 26.3 Å². The molecule has 1 heterocycles. The first kappa shape index (κ1) is 13.9. The molecule has 2 aromatic rings. The number of nitrogens with zero attached hydrogens (tertiary/aromatic N) is 1. The molecule has 0 spiro atoms. The Morgan fingerprint density at radius 1 is 1.37 bits per heavy atom. The van der Waals surface area contributed by atoms with Crippen molar-refractivity contribution in [3.8, 4) is 0 Å². The summed E-state index contributed by atoms with van der Waals surface area (Å²) in [6.45, 7) is 4.40. The molecule has 0 saturated heterocycles. The highest BCUT2D eigenvalue weighted by Crippen LogP contribution is 2.24. The molecule has 2 rings (SSSR count). The van der Waals surface area contributed by atoms with Crippen LogP contribution in [-0.2, 0) is 0 Å². The van der Waals surface area contributed by atoms with Crippen molar-refractivity contribution in [1.29, 1.82) is 0 Å². The number of benzene rings is 1.